The van der Waals surface area contributed by atoms with Crippen LogP contribution in [0, 0.1) is 0 Å². The Bertz CT molecular complexity index is 729. The average molecular weight is 283 g/mol. The maximum absolute atomic E-state index is 5.88. The van der Waals surface area contributed by atoms with E-state index in [1.807, 2.05) is 35.9 Å². The van der Waals surface area contributed by atoms with Crippen molar-refractivity contribution in [3.05, 3.63) is 36.4 Å². The zero-order valence-electron chi connectivity index (χ0n) is 11.9. The van der Waals surface area contributed by atoms with Crippen molar-refractivity contribution in [3.63, 3.8) is 0 Å². The SMILES string of the molecule is Cn1cnnc1[C@@H]1CCCN(c2nc3ccccc3o2)C1. The van der Waals surface area contributed by atoms with Gasteiger partial charge >= 0.3 is 0 Å². The number of para-hydroxylation sites is 2. The number of rotatable bonds is 2. The topological polar surface area (TPSA) is 60.0 Å². The van der Waals surface area contributed by atoms with Gasteiger partial charge < -0.3 is 13.9 Å². The Morgan fingerprint density at radius 2 is 2.19 bits per heavy atom. The van der Waals surface area contributed by atoms with Gasteiger partial charge in [0.15, 0.2) is 5.58 Å². The normalized spacial score (nSPS) is 19.3. The highest BCUT2D eigenvalue weighted by atomic mass is 16.4. The van der Waals surface area contributed by atoms with Crippen molar-refractivity contribution in [2.75, 3.05) is 18.0 Å². The second-order valence-corrected chi connectivity index (χ2v) is 5.55. The summed E-state index contributed by atoms with van der Waals surface area (Å²) in [4.78, 5) is 6.80. The monoisotopic (exact) mass is 283 g/mol. The van der Waals surface area contributed by atoms with Gasteiger partial charge in [-0.3, -0.25) is 0 Å². The van der Waals surface area contributed by atoms with E-state index in [-0.39, 0.29) is 0 Å². The average Bonchev–Trinajstić information content (AvgIpc) is 3.13. The summed E-state index contributed by atoms with van der Waals surface area (Å²) in [5, 5.41) is 8.23. The number of oxazole rings is 1. The molecule has 0 N–H and O–H groups in total. The third-order valence-corrected chi connectivity index (χ3v) is 4.09. The molecule has 0 amide bonds. The molecule has 1 atom stereocenters. The minimum Gasteiger partial charge on any atom is -0.423 e. The van der Waals surface area contributed by atoms with Gasteiger partial charge in [0, 0.05) is 26.1 Å². The van der Waals surface area contributed by atoms with Crippen LogP contribution in [0.4, 0.5) is 6.01 Å². The van der Waals surface area contributed by atoms with E-state index in [1.54, 1.807) is 6.33 Å². The number of hydrogen-bond donors (Lipinski definition) is 0. The molecule has 3 heterocycles. The first-order valence-corrected chi connectivity index (χ1v) is 7.25. The Kier molecular flexibility index (Phi) is 2.87. The number of fused-ring (bicyclic) bond motifs is 1. The maximum atomic E-state index is 5.88. The summed E-state index contributed by atoms with van der Waals surface area (Å²) in [6, 6.07) is 8.59. The summed E-state index contributed by atoms with van der Waals surface area (Å²) in [5.74, 6) is 1.41. The van der Waals surface area contributed by atoms with E-state index in [1.165, 1.54) is 0 Å². The second-order valence-electron chi connectivity index (χ2n) is 5.55. The molecular weight excluding hydrogens is 266 g/mol. The first kappa shape index (κ1) is 12.4. The summed E-state index contributed by atoms with van der Waals surface area (Å²) in [5.41, 5.74) is 1.75. The van der Waals surface area contributed by atoms with Crippen LogP contribution in [0.25, 0.3) is 11.1 Å². The molecule has 108 valence electrons. The molecule has 0 aliphatic carbocycles. The summed E-state index contributed by atoms with van der Waals surface area (Å²) >= 11 is 0. The zero-order valence-corrected chi connectivity index (χ0v) is 11.9. The van der Waals surface area contributed by atoms with Crippen LogP contribution in [0.15, 0.2) is 35.0 Å². The highest BCUT2D eigenvalue weighted by Gasteiger charge is 2.27. The molecule has 0 radical (unpaired) electrons. The quantitative estimate of drug-likeness (QED) is 0.722. The first-order valence-electron chi connectivity index (χ1n) is 7.25. The molecule has 6 heteroatoms. The predicted molar refractivity (Wildman–Crippen MR) is 79.2 cm³/mol. The van der Waals surface area contributed by atoms with E-state index in [4.69, 9.17) is 4.42 Å². The van der Waals surface area contributed by atoms with E-state index in [9.17, 15) is 0 Å². The van der Waals surface area contributed by atoms with Gasteiger partial charge in [-0.25, -0.2) is 0 Å². The number of aromatic nitrogens is 4. The van der Waals surface area contributed by atoms with Crippen LogP contribution in [0.5, 0.6) is 0 Å². The van der Waals surface area contributed by atoms with E-state index in [2.05, 4.69) is 20.1 Å². The molecular formula is C15H17N5O. The van der Waals surface area contributed by atoms with Gasteiger partial charge in [-0.15, -0.1) is 10.2 Å². The Morgan fingerprint density at radius 3 is 3.00 bits per heavy atom. The zero-order chi connectivity index (χ0) is 14.2. The third kappa shape index (κ3) is 2.16. The molecule has 1 fully saturated rings. The first-order chi connectivity index (χ1) is 10.3. The van der Waals surface area contributed by atoms with Gasteiger partial charge in [-0.05, 0) is 25.0 Å². The molecule has 4 rings (SSSR count). The number of nitrogens with zero attached hydrogens (tertiary/aromatic N) is 5. The number of hydrogen-bond acceptors (Lipinski definition) is 5. The molecule has 1 aliphatic rings. The van der Waals surface area contributed by atoms with Crippen LogP contribution in [0.3, 0.4) is 0 Å². The lowest BCUT2D eigenvalue weighted by Gasteiger charge is -2.30. The maximum Gasteiger partial charge on any atom is 0.298 e. The van der Waals surface area contributed by atoms with Gasteiger partial charge in [0.25, 0.3) is 6.01 Å². The van der Waals surface area contributed by atoms with Crippen LogP contribution < -0.4 is 4.90 Å². The minimum atomic E-state index is 0.376. The van der Waals surface area contributed by atoms with Gasteiger partial charge in [0.2, 0.25) is 0 Å². The van der Waals surface area contributed by atoms with Crippen LogP contribution in [0.2, 0.25) is 0 Å². The Hall–Kier alpha value is -2.37. The van der Waals surface area contributed by atoms with E-state index in [0.717, 1.165) is 42.9 Å². The molecule has 3 aromatic rings. The Morgan fingerprint density at radius 1 is 1.29 bits per heavy atom. The summed E-state index contributed by atoms with van der Waals surface area (Å²) in [7, 11) is 1.99. The van der Waals surface area contributed by atoms with Crippen molar-refractivity contribution in [2.45, 2.75) is 18.8 Å². The summed E-state index contributed by atoms with van der Waals surface area (Å²) in [6.07, 6.45) is 3.99. The number of anilines is 1. The van der Waals surface area contributed by atoms with E-state index in [0.29, 0.717) is 11.9 Å². The van der Waals surface area contributed by atoms with Crippen LogP contribution >= 0.6 is 0 Å². The number of benzene rings is 1. The lowest BCUT2D eigenvalue weighted by atomic mass is 9.97. The van der Waals surface area contributed by atoms with Gasteiger partial charge in [-0.2, -0.15) is 4.98 Å². The molecule has 2 aromatic heterocycles. The molecule has 1 saturated heterocycles. The van der Waals surface area contributed by atoms with Gasteiger partial charge in [0.05, 0.1) is 0 Å². The fourth-order valence-corrected chi connectivity index (χ4v) is 3.02. The standard InChI is InChI=1S/C15H17N5O/c1-19-10-16-18-14(19)11-5-4-8-20(9-11)15-17-12-6-2-3-7-13(12)21-15/h2-3,6-7,10-11H,4-5,8-9H2,1H3/t11-/m1/s1. The van der Waals surface area contributed by atoms with Crippen molar-refractivity contribution in [3.8, 4) is 0 Å². The Labute approximate surface area is 122 Å². The smallest absolute Gasteiger partial charge is 0.298 e. The highest BCUT2D eigenvalue weighted by molar-refractivity contribution is 5.74. The van der Waals surface area contributed by atoms with Crippen molar-refractivity contribution in [2.24, 2.45) is 7.05 Å². The summed E-state index contributed by atoms with van der Waals surface area (Å²) < 4.78 is 7.88. The lowest BCUT2D eigenvalue weighted by Crippen LogP contribution is -2.35. The van der Waals surface area contributed by atoms with E-state index < -0.39 is 0 Å². The van der Waals surface area contributed by atoms with E-state index >= 15 is 0 Å². The predicted octanol–water partition coefficient (Wildman–Crippen LogP) is 2.34. The van der Waals surface area contributed by atoms with Gasteiger partial charge in [-0.1, -0.05) is 12.1 Å². The van der Waals surface area contributed by atoms with Crippen molar-refractivity contribution >= 4 is 17.1 Å². The van der Waals surface area contributed by atoms with Crippen molar-refractivity contribution < 1.29 is 4.42 Å². The van der Waals surface area contributed by atoms with Crippen molar-refractivity contribution in [1.29, 1.82) is 0 Å². The highest BCUT2D eigenvalue weighted by Crippen LogP contribution is 2.30. The minimum absolute atomic E-state index is 0.376. The lowest BCUT2D eigenvalue weighted by molar-refractivity contribution is 0.449. The molecule has 0 bridgehead atoms. The largest absolute Gasteiger partial charge is 0.423 e. The van der Waals surface area contributed by atoms with Crippen LogP contribution in [-0.4, -0.2) is 32.8 Å². The molecule has 0 saturated carbocycles. The molecule has 1 aromatic carbocycles. The number of piperidine rings is 1. The molecule has 1 aliphatic heterocycles. The molecule has 6 nitrogen and oxygen atoms in total. The molecule has 21 heavy (non-hydrogen) atoms. The van der Waals surface area contributed by atoms with Crippen molar-refractivity contribution in [1.82, 2.24) is 19.7 Å². The fourth-order valence-electron chi connectivity index (χ4n) is 3.02. The number of aryl methyl sites for hydroxylation is 1. The van der Waals surface area contributed by atoms with Gasteiger partial charge in [0.1, 0.15) is 17.7 Å². The molecule has 0 unspecified atom stereocenters. The van der Waals surface area contributed by atoms with Crippen LogP contribution in [0.1, 0.15) is 24.6 Å². The fraction of sp³-hybridized carbons (Fsp3) is 0.400. The molecule has 0 spiro atoms. The summed E-state index contributed by atoms with van der Waals surface area (Å²) in [6.45, 7) is 1.85. The Balaban J connectivity index is 1.62. The third-order valence-electron chi connectivity index (χ3n) is 4.09. The second kappa shape index (κ2) is 4.87. The van der Waals surface area contributed by atoms with Crippen LogP contribution in [-0.2, 0) is 7.05 Å².